The molecule has 1 aromatic rings. The number of hydrogen-bond acceptors (Lipinski definition) is 5. The molecule has 0 spiro atoms. The van der Waals surface area contributed by atoms with Crippen molar-refractivity contribution in [2.24, 2.45) is 0 Å². The number of benzene rings is 1. The molecule has 0 fully saturated rings. The van der Waals surface area contributed by atoms with Crippen molar-refractivity contribution in [2.75, 3.05) is 17.1 Å². The lowest BCUT2D eigenvalue weighted by molar-refractivity contribution is -0.136. The Bertz CT molecular complexity index is 622. The minimum Gasteiger partial charge on any atom is -0.493 e. The van der Waals surface area contributed by atoms with Crippen LogP contribution in [-0.2, 0) is 14.8 Å². The molecule has 0 unspecified atom stereocenters. The Hall–Kier alpha value is -2.27. The van der Waals surface area contributed by atoms with Crippen LogP contribution in [0, 0.1) is 11.3 Å². The smallest absolute Gasteiger partial charge is 0.304 e. The molecular formula is C13H16N2O5S. The van der Waals surface area contributed by atoms with Crippen LogP contribution in [0.3, 0.4) is 0 Å². The summed E-state index contributed by atoms with van der Waals surface area (Å²) in [6.07, 6.45) is 0.520. The standard InChI is InChI=1S/C13H16N2O5S/c14-7-1-2-8-20-12-5-3-4-11(10-12)15-21(18,19)9-6-13(16)17/h3-5,10,15H,1-2,6,8-9H2,(H,16,17). The summed E-state index contributed by atoms with van der Waals surface area (Å²) in [4.78, 5) is 10.4. The number of carbonyl (C=O) groups is 1. The zero-order valence-electron chi connectivity index (χ0n) is 11.3. The molecule has 21 heavy (non-hydrogen) atoms. The number of nitrogens with zero attached hydrogens (tertiary/aromatic N) is 1. The minimum absolute atomic E-state index is 0.304. The van der Waals surface area contributed by atoms with Crippen molar-refractivity contribution in [1.29, 1.82) is 5.26 Å². The number of carboxylic acids is 1. The Kier molecular flexibility index (Phi) is 6.49. The van der Waals surface area contributed by atoms with E-state index in [1.165, 1.54) is 6.07 Å². The van der Waals surface area contributed by atoms with E-state index in [0.29, 0.717) is 30.9 Å². The van der Waals surface area contributed by atoms with E-state index in [2.05, 4.69) is 4.72 Å². The average Bonchev–Trinajstić information content (AvgIpc) is 2.42. The first-order valence-electron chi connectivity index (χ1n) is 6.25. The summed E-state index contributed by atoms with van der Waals surface area (Å²) in [5.74, 6) is -1.18. The summed E-state index contributed by atoms with van der Waals surface area (Å²) in [6, 6.07) is 8.33. The van der Waals surface area contributed by atoms with E-state index in [-0.39, 0.29) is 0 Å². The van der Waals surface area contributed by atoms with Gasteiger partial charge in [0.1, 0.15) is 5.75 Å². The van der Waals surface area contributed by atoms with Gasteiger partial charge in [0.15, 0.2) is 0 Å². The molecule has 0 radical (unpaired) electrons. The minimum atomic E-state index is -3.71. The van der Waals surface area contributed by atoms with Gasteiger partial charge >= 0.3 is 5.97 Å². The highest BCUT2D eigenvalue weighted by Crippen LogP contribution is 2.19. The van der Waals surface area contributed by atoms with E-state index < -0.39 is 28.2 Å². The van der Waals surface area contributed by atoms with Crippen LogP contribution in [-0.4, -0.2) is 31.9 Å². The quantitative estimate of drug-likeness (QED) is 0.669. The van der Waals surface area contributed by atoms with Crippen LogP contribution in [0.5, 0.6) is 5.75 Å². The summed E-state index contributed by atoms with van der Waals surface area (Å²) >= 11 is 0. The SMILES string of the molecule is N#CCCCOc1cccc(NS(=O)(=O)CCC(=O)O)c1. The Morgan fingerprint density at radius 3 is 2.86 bits per heavy atom. The number of anilines is 1. The van der Waals surface area contributed by atoms with Crippen LogP contribution in [0.1, 0.15) is 19.3 Å². The lowest BCUT2D eigenvalue weighted by atomic mass is 10.3. The van der Waals surface area contributed by atoms with Crippen LogP contribution in [0.4, 0.5) is 5.69 Å². The fraction of sp³-hybridized carbons (Fsp3) is 0.385. The number of nitrogens with one attached hydrogen (secondary N) is 1. The fourth-order valence-corrected chi connectivity index (χ4v) is 2.47. The molecule has 1 aromatic carbocycles. The van der Waals surface area contributed by atoms with E-state index in [9.17, 15) is 13.2 Å². The lowest BCUT2D eigenvalue weighted by Crippen LogP contribution is -2.18. The molecule has 0 heterocycles. The number of sulfonamides is 1. The Morgan fingerprint density at radius 1 is 1.43 bits per heavy atom. The second kappa shape index (κ2) is 8.11. The molecule has 0 aromatic heterocycles. The first kappa shape index (κ1) is 16.8. The molecule has 0 aliphatic rings. The third kappa shape index (κ3) is 7.17. The third-order valence-electron chi connectivity index (χ3n) is 2.39. The van der Waals surface area contributed by atoms with E-state index in [4.69, 9.17) is 15.1 Å². The number of hydrogen-bond donors (Lipinski definition) is 2. The maximum atomic E-state index is 11.7. The normalized spacial score (nSPS) is 10.6. The predicted octanol–water partition coefficient (Wildman–Crippen LogP) is 1.59. The lowest BCUT2D eigenvalue weighted by Gasteiger charge is -2.09. The van der Waals surface area contributed by atoms with Crippen LogP contribution < -0.4 is 9.46 Å². The van der Waals surface area contributed by atoms with Gasteiger partial charge in [-0.15, -0.1) is 0 Å². The number of ether oxygens (including phenoxy) is 1. The average molecular weight is 312 g/mol. The molecule has 0 aliphatic heterocycles. The van der Waals surface area contributed by atoms with Gasteiger partial charge in [0, 0.05) is 12.5 Å². The zero-order valence-corrected chi connectivity index (χ0v) is 12.1. The molecule has 0 bridgehead atoms. The maximum absolute atomic E-state index is 11.7. The number of unbranched alkanes of at least 4 members (excludes halogenated alkanes) is 1. The highest BCUT2D eigenvalue weighted by Gasteiger charge is 2.13. The largest absolute Gasteiger partial charge is 0.493 e. The molecule has 0 saturated heterocycles. The van der Waals surface area contributed by atoms with E-state index >= 15 is 0 Å². The Labute approximate surface area is 123 Å². The first-order valence-corrected chi connectivity index (χ1v) is 7.90. The molecule has 1 rings (SSSR count). The predicted molar refractivity (Wildman–Crippen MR) is 76.4 cm³/mol. The third-order valence-corrected chi connectivity index (χ3v) is 3.68. The summed E-state index contributed by atoms with van der Waals surface area (Å²) in [5, 5.41) is 16.9. The van der Waals surface area contributed by atoms with E-state index in [0.717, 1.165) is 0 Å². The van der Waals surface area contributed by atoms with Crippen molar-refractivity contribution in [3.63, 3.8) is 0 Å². The highest BCUT2D eigenvalue weighted by molar-refractivity contribution is 7.92. The van der Waals surface area contributed by atoms with Crippen LogP contribution >= 0.6 is 0 Å². The Balaban J connectivity index is 2.59. The van der Waals surface area contributed by atoms with Gasteiger partial charge in [0.25, 0.3) is 0 Å². The molecule has 8 heteroatoms. The van der Waals surface area contributed by atoms with Gasteiger partial charge in [-0.25, -0.2) is 8.42 Å². The molecule has 0 amide bonds. The first-order chi connectivity index (χ1) is 9.93. The molecule has 114 valence electrons. The fourth-order valence-electron chi connectivity index (χ4n) is 1.44. The molecule has 0 aliphatic carbocycles. The monoisotopic (exact) mass is 312 g/mol. The van der Waals surface area contributed by atoms with Gasteiger partial charge in [0.05, 0.1) is 30.5 Å². The van der Waals surface area contributed by atoms with Crippen molar-refractivity contribution in [2.45, 2.75) is 19.3 Å². The highest BCUT2D eigenvalue weighted by atomic mass is 32.2. The molecule has 0 atom stereocenters. The number of nitriles is 1. The van der Waals surface area contributed by atoms with Crippen molar-refractivity contribution in [3.05, 3.63) is 24.3 Å². The number of aliphatic carboxylic acids is 1. The van der Waals surface area contributed by atoms with E-state index in [1.54, 1.807) is 18.2 Å². The summed E-state index contributed by atoms with van der Waals surface area (Å²) in [5.41, 5.74) is 0.304. The molecule has 0 saturated carbocycles. The second-order valence-electron chi connectivity index (χ2n) is 4.20. The van der Waals surface area contributed by atoms with Crippen molar-refractivity contribution in [3.8, 4) is 11.8 Å². The molecule has 2 N–H and O–H groups in total. The van der Waals surface area contributed by atoms with Gasteiger partial charge in [0.2, 0.25) is 10.0 Å². The molecule has 7 nitrogen and oxygen atoms in total. The maximum Gasteiger partial charge on any atom is 0.304 e. The van der Waals surface area contributed by atoms with Crippen molar-refractivity contribution >= 4 is 21.7 Å². The van der Waals surface area contributed by atoms with Gasteiger partial charge in [-0.2, -0.15) is 5.26 Å². The van der Waals surface area contributed by atoms with Gasteiger partial charge in [-0.1, -0.05) is 6.07 Å². The second-order valence-corrected chi connectivity index (χ2v) is 6.04. The van der Waals surface area contributed by atoms with Gasteiger partial charge in [-0.05, 0) is 18.6 Å². The van der Waals surface area contributed by atoms with Crippen molar-refractivity contribution in [1.82, 2.24) is 0 Å². The van der Waals surface area contributed by atoms with Crippen molar-refractivity contribution < 1.29 is 23.1 Å². The number of carboxylic acid groups (broad SMARTS) is 1. The number of rotatable bonds is 9. The summed E-state index contributed by atoms with van der Waals surface area (Å²) in [7, 11) is -3.71. The van der Waals surface area contributed by atoms with Crippen LogP contribution in [0.2, 0.25) is 0 Å². The summed E-state index contributed by atoms with van der Waals surface area (Å²) < 4.78 is 31.0. The van der Waals surface area contributed by atoms with Crippen LogP contribution in [0.25, 0.3) is 0 Å². The van der Waals surface area contributed by atoms with Crippen LogP contribution in [0.15, 0.2) is 24.3 Å². The summed E-state index contributed by atoms with van der Waals surface area (Å²) in [6.45, 7) is 0.364. The molecular weight excluding hydrogens is 296 g/mol. The van der Waals surface area contributed by atoms with E-state index in [1.807, 2.05) is 6.07 Å². The topological polar surface area (TPSA) is 116 Å². The Morgan fingerprint density at radius 2 is 2.19 bits per heavy atom. The van der Waals surface area contributed by atoms with Gasteiger partial charge < -0.3 is 9.84 Å². The zero-order chi connectivity index (χ0) is 15.7. The van der Waals surface area contributed by atoms with Gasteiger partial charge in [-0.3, -0.25) is 9.52 Å².